The van der Waals surface area contributed by atoms with Gasteiger partial charge < -0.3 is 0 Å². The number of hydrogen-bond acceptors (Lipinski definition) is 0. The zero-order chi connectivity index (χ0) is 13.2. The van der Waals surface area contributed by atoms with E-state index in [0.29, 0.717) is 5.41 Å². The average Bonchev–Trinajstić information content (AvgIpc) is 2.37. The topological polar surface area (TPSA) is 0 Å². The fraction of sp³-hybridized carbons (Fsp3) is 1.00. The van der Waals surface area contributed by atoms with Gasteiger partial charge in [-0.2, -0.15) is 17.5 Å². The van der Waals surface area contributed by atoms with Gasteiger partial charge in [0.1, 0.15) is 0 Å². The predicted molar refractivity (Wildman–Crippen MR) is 83.9 cm³/mol. The van der Waals surface area contributed by atoms with Crippen LogP contribution in [0.1, 0.15) is 72.1 Å². The van der Waals surface area contributed by atoms with Crippen LogP contribution in [0.15, 0.2) is 0 Å². The van der Waals surface area contributed by atoms with E-state index in [1.807, 2.05) is 0 Å². The summed E-state index contributed by atoms with van der Waals surface area (Å²) in [5.74, 6) is 6.50. The van der Waals surface area contributed by atoms with E-state index in [-0.39, 0.29) is 18.9 Å². The first kappa shape index (κ1) is 15.6. The van der Waals surface area contributed by atoms with Crippen molar-refractivity contribution < 1.29 is 18.9 Å². The van der Waals surface area contributed by atoms with E-state index in [1.54, 1.807) is 51.4 Å². The van der Waals surface area contributed by atoms with Crippen molar-refractivity contribution in [3.63, 3.8) is 0 Å². The van der Waals surface area contributed by atoms with E-state index in [2.05, 4.69) is 20.8 Å². The maximum atomic E-state index is 2.62. The molecular formula is C18H31BLi. The molecule has 107 valence electrons. The van der Waals surface area contributed by atoms with Crippen LogP contribution in [-0.2, 0) is 0 Å². The van der Waals surface area contributed by atoms with Crippen LogP contribution < -0.4 is 18.9 Å². The maximum absolute atomic E-state index is 2.62. The Labute approximate surface area is 138 Å². The third kappa shape index (κ3) is 2.10. The van der Waals surface area contributed by atoms with Crippen molar-refractivity contribution >= 4 is 6.71 Å². The molecule has 2 aliphatic heterocycles. The van der Waals surface area contributed by atoms with Gasteiger partial charge in [-0.25, -0.2) is 0 Å². The largest absolute Gasteiger partial charge is 1.00 e. The maximum Gasteiger partial charge on any atom is 1.00 e. The molecule has 3 saturated carbocycles. The van der Waals surface area contributed by atoms with Crippen LogP contribution >= 0.6 is 0 Å². The molecule has 0 aromatic rings. The number of fused-ring (bicyclic) bond motifs is 5. The minimum atomic E-state index is 0. The first-order chi connectivity index (χ1) is 9.09. The van der Waals surface area contributed by atoms with Gasteiger partial charge in [-0.3, -0.25) is 0 Å². The first-order valence-electron chi connectivity index (χ1n) is 9.09. The van der Waals surface area contributed by atoms with Crippen molar-refractivity contribution in [2.45, 2.75) is 89.6 Å². The molecule has 3 aliphatic carbocycles. The molecule has 1 radical (unpaired) electrons. The van der Waals surface area contributed by atoms with Crippen LogP contribution in [0.5, 0.6) is 0 Å². The second-order valence-corrected chi connectivity index (χ2v) is 9.08. The summed E-state index contributed by atoms with van der Waals surface area (Å²) in [6, 6.07) is 0. The fourth-order valence-electron chi connectivity index (χ4n) is 7.12. The zero-order valence-corrected chi connectivity index (χ0v) is 14.2. The van der Waals surface area contributed by atoms with Gasteiger partial charge in [-0.1, -0.05) is 71.6 Å². The van der Waals surface area contributed by atoms with E-state index >= 15 is 0 Å². The average molecular weight is 265 g/mol. The van der Waals surface area contributed by atoms with Gasteiger partial charge in [-0.15, -0.1) is 6.71 Å². The standard InChI is InChI=1S/C18H31B.Li/c1-12-16-10-13(18(16,2)3)11-17(12)19-14-6-4-7-15(19)9-5-8-14;/h12-17H,4-11H2,1-3H3;/q-1;+1/t12-,13?,14?,15?,16?,17-;/m0./s1. The summed E-state index contributed by atoms with van der Waals surface area (Å²) >= 11 is 0. The number of rotatable bonds is 1. The van der Waals surface area contributed by atoms with Gasteiger partial charge in [0, 0.05) is 0 Å². The molecule has 2 heterocycles. The Bertz CT molecular complexity index is 344. The van der Waals surface area contributed by atoms with Gasteiger partial charge in [0.2, 0.25) is 0 Å². The Morgan fingerprint density at radius 2 is 1.45 bits per heavy atom. The van der Waals surface area contributed by atoms with Crippen LogP contribution in [0.2, 0.25) is 17.5 Å². The molecule has 0 nitrogen and oxygen atoms in total. The molecule has 2 saturated heterocycles. The Kier molecular flexibility index (Phi) is 4.19. The molecule has 0 N–H and O–H groups in total. The summed E-state index contributed by atoms with van der Waals surface area (Å²) in [7, 11) is 0. The van der Waals surface area contributed by atoms with E-state index in [4.69, 9.17) is 0 Å². The summed E-state index contributed by atoms with van der Waals surface area (Å²) in [5.41, 5.74) is 0.680. The van der Waals surface area contributed by atoms with E-state index in [0.717, 1.165) is 41.9 Å². The van der Waals surface area contributed by atoms with Gasteiger partial charge in [0.15, 0.2) is 0 Å². The molecule has 2 heteroatoms. The molecule has 0 aromatic heterocycles. The molecule has 5 fully saturated rings. The van der Waals surface area contributed by atoms with Crippen LogP contribution in [0.4, 0.5) is 0 Å². The van der Waals surface area contributed by atoms with Crippen molar-refractivity contribution in [2.24, 2.45) is 23.2 Å². The molecule has 5 rings (SSSR count). The summed E-state index contributed by atoms with van der Waals surface area (Å²) in [4.78, 5) is 0. The van der Waals surface area contributed by atoms with E-state index in [9.17, 15) is 0 Å². The smallest absolute Gasteiger partial charge is 0.196 e. The van der Waals surface area contributed by atoms with E-state index in [1.165, 1.54) is 0 Å². The molecule has 4 atom stereocenters. The van der Waals surface area contributed by atoms with Crippen LogP contribution in [-0.4, -0.2) is 6.71 Å². The normalized spacial score (nSPS) is 50.0. The molecule has 4 bridgehead atoms. The van der Waals surface area contributed by atoms with Crippen molar-refractivity contribution in [1.82, 2.24) is 0 Å². The summed E-state index contributed by atoms with van der Waals surface area (Å²) in [6.45, 7) is 8.87. The molecular weight excluding hydrogens is 234 g/mol. The van der Waals surface area contributed by atoms with Crippen molar-refractivity contribution in [1.29, 1.82) is 0 Å². The molecule has 5 aliphatic rings. The van der Waals surface area contributed by atoms with Gasteiger partial charge >= 0.3 is 18.9 Å². The third-order valence-electron chi connectivity index (χ3n) is 8.30. The van der Waals surface area contributed by atoms with Crippen molar-refractivity contribution in [3.05, 3.63) is 0 Å². The van der Waals surface area contributed by atoms with E-state index < -0.39 is 0 Å². The molecule has 2 unspecified atom stereocenters. The van der Waals surface area contributed by atoms with Gasteiger partial charge in [0.25, 0.3) is 0 Å². The Morgan fingerprint density at radius 1 is 0.900 bits per heavy atom. The Balaban J connectivity index is 0.00000121. The quantitative estimate of drug-likeness (QED) is 0.639. The Morgan fingerprint density at radius 3 is 1.90 bits per heavy atom. The van der Waals surface area contributed by atoms with Crippen molar-refractivity contribution in [3.8, 4) is 0 Å². The minimum absolute atomic E-state index is 0. The van der Waals surface area contributed by atoms with Gasteiger partial charge in [0.05, 0.1) is 0 Å². The Hall–Kier alpha value is 0.662. The predicted octanol–water partition coefficient (Wildman–Crippen LogP) is 2.67. The third-order valence-corrected chi connectivity index (χ3v) is 8.30. The molecule has 20 heavy (non-hydrogen) atoms. The summed E-state index contributed by atoms with van der Waals surface area (Å²) < 4.78 is 0. The summed E-state index contributed by atoms with van der Waals surface area (Å²) in [5, 5.41) is 0. The first-order valence-corrected chi connectivity index (χ1v) is 9.09. The summed E-state index contributed by atoms with van der Waals surface area (Å²) in [6.07, 6.45) is 12.5. The van der Waals surface area contributed by atoms with Crippen molar-refractivity contribution in [2.75, 3.05) is 0 Å². The second-order valence-electron chi connectivity index (χ2n) is 9.08. The van der Waals surface area contributed by atoms with Crippen LogP contribution in [0, 0.1) is 23.2 Å². The fourth-order valence-corrected chi connectivity index (χ4v) is 7.12. The monoisotopic (exact) mass is 265 g/mol. The number of hydrogen-bond donors (Lipinski definition) is 0. The molecule has 0 amide bonds. The zero-order valence-electron chi connectivity index (χ0n) is 14.2. The SMILES string of the molecule is C[C@H]1C2CC(C[C@@H]1[B-]1C3CCCC1CCC3)C2(C)C.[Li+]. The van der Waals surface area contributed by atoms with Gasteiger partial charge in [-0.05, 0) is 23.7 Å². The second kappa shape index (κ2) is 5.38. The molecule has 0 aromatic carbocycles. The van der Waals surface area contributed by atoms with Crippen LogP contribution in [0.25, 0.3) is 0 Å². The minimum Gasteiger partial charge on any atom is -0.196 e. The molecule has 0 spiro atoms. The van der Waals surface area contributed by atoms with Crippen LogP contribution in [0.3, 0.4) is 0 Å².